The molecule has 0 aliphatic carbocycles. The number of rotatable bonds is 11. The van der Waals surface area contributed by atoms with Gasteiger partial charge in [-0.25, -0.2) is 9.97 Å². The fourth-order valence-electron chi connectivity index (χ4n) is 4.62. The molecule has 2 aliphatic rings. The summed E-state index contributed by atoms with van der Waals surface area (Å²) in [5.41, 5.74) is 1.73. The van der Waals surface area contributed by atoms with Crippen molar-refractivity contribution in [2.75, 3.05) is 46.6 Å². The van der Waals surface area contributed by atoms with Gasteiger partial charge in [-0.1, -0.05) is 12.1 Å². The Morgan fingerprint density at radius 3 is 2.45 bits per heavy atom. The fourth-order valence-corrected chi connectivity index (χ4v) is 4.62. The molecule has 2 saturated heterocycles. The van der Waals surface area contributed by atoms with Crippen molar-refractivity contribution < 1.29 is 29.2 Å². The van der Waals surface area contributed by atoms with Crippen LogP contribution in [0.1, 0.15) is 53.7 Å². The lowest BCUT2D eigenvalue weighted by molar-refractivity contribution is 0.0476. The summed E-state index contributed by atoms with van der Waals surface area (Å²) >= 11 is 0. The van der Waals surface area contributed by atoms with Crippen molar-refractivity contribution >= 4 is 5.91 Å². The molecule has 4 rings (SSSR count). The molecule has 2 fully saturated rings. The molecule has 5 N–H and O–H groups in total. The van der Waals surface area contributed by atoms with Gasteiger partial charge in [-0.05, 0) is 51.8 Å². The second-order valence-electron chi connectivity index (χ2n) is 9.77. The molecule has 2 aliphatic heterocycles. The number of benzene rings is 1. The first kappa shape index (κ1) is 28.3. The zero-order valence-corrected chi connectivity index (χ0v) is 22.1. The zero-order valence-electron chi connectivity index (χ0n) is 22.1. The second kappa shape index (κ2) is 13.9. The highest BCUT2D eigenvalue weighted by Gasteiger charge is 2.26. The minimum Gasteiger partial charge on any atom is -0.491 e. The van der Waals surface area contributed by atoms with Crippen LogP contribution in [0, 0.1) is 6.92 Å². The molecule has 0 spiro atoms. The Kier molecular flexibility index (Phi) is 10.4. The van der Waals surface area contributed by atoms with Crippen LogP contribution in [0.15, 0.2) is 24.3 Å². The highest BCUT2D eigenvalue weighted by molar-refractivity contribution is 5.94. The molecule has 38 heavy (non-hydrogen) atoms. The van der Waals surface area contributed by atoms with E-state index in [0.717, 1.165) is 25.7 Å². The van der Waals surface area contributed by atoms with Gasteiger partial charge in [-0.3, -0.25) is 10.1 Å². The summed E-state index contributed by atoms with van der Waals surface area (Å²) in [7, 11) is 1.76. The third-order valence-electron chi connectivity index (χ3n) is 6.80. The van der Waals surface area contributed by atoms with Crippen LogP contribution in [0.3, 0.4) is 0 Å². The SMILES string of the molecule is CNCC(O)COc1cccc(-c2nc(C(=O)NC3CCOCC3)c(C)c(C(O)NC3CCOCC3)n2)c1. The van der Waals surface area contributed by atoms with Gasteiger partial charge in [0.25, 0.3) is 5.91 Å². The zero-order chi connectivity index (χ0) is 26.9. The number of aliphatic hydroxyl groups is 2. The van der Waals surface area contributed by atoms with Crippen LogP contribution in [0.2, 0.25) is 0 Å². The predicted octanol–water partition coefficient (Wildman–Crippen LogP) is 1.08. The van der Waals surface area contributed by atoms with E-state index >= 15 is 0 Å². The van der Waals surface area contributed by atoms with Crippen LogP contribution in [0.4, 0.5) is 0 Å². The second-order valence-corrected chi connectivity index (χ2v) is 9.77. The fraction of sp³-hybridized carbons (Fsp3) is 0.593. The summed E-state index contributed by atoms with van der Waals surface area (Å²) in [6.07, 6.45) is 1.31. The Hall–Kier alpha value is -2.67. The predicted molar refractivity (Wildman–Crippen MR) is 141 cm³/mol. The maximum absolute atomic E-state index is 13.4. The summed E-state index contributed by atoms with van der Waals surface area (Å²) in [6.45, 7) is 4.77. The first-order valence-corrected chi connectivity index (χ1v) is 13.3. The number of nitrogens with one attached hydrogen (secondary N) is 3. The Balaban J connectivity index is 1.62. The Bertz CT molecular complexity index is 1060. The molecular formula is C27H39N5O6. The summed E-state index contributed by atoms with van der Waals surface area (Å²) in [5.74, 6) is 0.536. The van der Waals surface area contributed by atoms with Crippen LogP contribution in [0.5, 0.6) is 5.75 Å². The maximum Gasteiger partial charge on any atom is 0.270 e. The highest BCUT2D eigenvalue weighted by atomic mass is 16.5. The van der Waals surface area contributed by atoms with E-state index in [1.54, 1.807) is 32.2 Å². The van der Waals surface area contributed by atoms with Crippen molar-refractivity contribution in [3.05, 3.63) is 41.2 Å². The average molecular weight is 530 g/mol. The number of carbonyl (C=O) groups is 1. The highest BCUT2D eigenvalue weighted by Crippen LogP contribution is 2.26. The molecule has 208 valence electrons. The molecular weight excluding hydrogens is 490 g/mol. The standard InChI is InChI=1S/C27H39N5O6/c1-17-23(26(34)29-19-6-10-36-11-7-19)31-25(32-24(17)27(35)30-20-8-12-37-13-9-20)18-4-3-5-22(14-18)38-16-21(33)15-28-2/h3-5,14,19-21,26,28-29,33-34H,6-13,15-16H2,1-2H3,(H,30,35). The van der Waals surface area contributed by atoms with Crippen LogP contribution in [0.25, 0.3) is 11.4 Å². The normalized spacial score (nSPS) is 18.6. The summed E-state index contributed by atoms with van der Waals surface area (Å²) in [5, 5.41) is 30.4. The number of amides is 1. The number of aliphatic hydroxyl groups excluding tert-OH is 2. The monoisotopic (exact) mass is 529 g/mol. The number of carbonyl (C=O) groups excluding carboxylic acids is 1. The van der Waals surface area contributed by atoms with Gasteiger partial charge in [0.15, 0.2) is 5.82 Å². The molecule has 0 bridgehead atoms. The Morgan fingerprint density at radius 1 is 1.08 bits per heavy atom. The van der Waals surface area contributed by atoms with Crippen molar-refractivity contribution in [3.8, 4) is 17.1 Å². The lowest BCUT2D eigenvalue weighted by Crippen LogP contribution is -2.40. The first-order valence-electron chi connectivity index (χ1n) is 13.3. The summed E-state index contributed by atoms with van der Waals surface area (Å²) in [4.78, 5) is 22.7. The van der Waals surface area contributed by atoms with E-state index in [-0.39, 0.29) is 30.3 Å². The number of nitrogens with zero attached hydrogens (tertiary/aromatic N) is 2. The maximum atomic E-state index is 13.4. The van der Waals surface area contributed by atoms with Crippen LogP contribution in [-0.4, -0.2) is 90.9 Å². The van der Waals surface area contributed by atoms with E-state index < -0.39 is 12.3 Å². The molecule has 11 nitrogen and oxygen atoms in total. The smallest absolute Gasteiger partial charge is 0.270 e. The van der Waals surface area contributed by atoms with E-state index in [0.29, 0.717) is 61.4 Å². The van der Waals surface area contributed by atoms with Crippen LogP contribution in [-0.2, 0) is 9.47 Å². The van der Waals surface area contributed by atoms with E-state index in [9.17, 15) is 15.0 Å². The number of hydrogen-bond acceptors (Lipinski definition) is 10. The molecule has 11 heteroatoms. The Labute approximate surface area is 223 Å². The lowest BCUT2D eigenvalue weighted by atomic mass is 10.1. The van der Waals surface area contributed by atoms with E-state index in [4.69, 9.17) is 19.2 Å². The molecule has 0 saturated carbocycles. The number of hydrogen-bond donors (Lipinski definition) is 5. The molecule has 0 radical (unpaired) electrons. The van der Waals surface area contributed by atoms with E-state index in [2.05, 4.69) is 20.9 Å². The largest absolute Gasteiger partial charge is 0.491 e. The van der Waals surface area contributed by atoms with Gasteiger partial charge in [0.05, 0.1) is 5.69 Å². The summed E-state index contributed by atoms with van der Waals surface area (Å²) < 4.78 is 16.6. The third kappa shape index (κ3) is 7.68. The minimum atomic E-state index is -1.08. The van der Waals surface area contributed by atoms with Crippen molar-refractivity contribution in [3.63, 3.8) is 0 Å². The van der Waals surface area contributed by atoms with Crippen molar-refractivity contribution in [1.29, 1.82) is 0 Å². The first-order chi connectivity index (χ1) is 18.4. The van der Waals surface area contributed by atoms with Crippen molar-refractivity contribution in [2.24, 2.45) is 0 Å². The van der Waals surface area contributed by atoms with Crippen LogP contribution >= 0.6 is 0 Å². The van der Waals surface area contributed by atoms with Gasteiger partial charge in [-0.15, -0.1) is 0 Å². The number of ether oxygens (including phenoxy) is 3. The molecule has 1 amide bonds. The number of aromatic nitrogens is 2. The molecule has 2 aromatic rings. The minimum absolute atomic E-state index is 0.00330. The molecule has 2 unspecified atom stereocenters. The molecule has 1 aromatic carbocycles. The van der Waals surface area contributed by atoms with E-state index in [1.165, 1.54) is 0 Å². The van der Waals surface area contributed by atoms with Crippen LogP contribution < -0.4 is 20.7 Å². The quantitative estimate of drug-likeness (QED) is 0.268. The number of likely N-dealkylation sites (N-methyl/N-ethyl adjacent to an activating group) is 1. The van der Waals surface area contributed by atoms with Crippen molar-refractivity contribution in [1.82, 2.24) is 25.9 Å². The van der Waals surface area contributed by atoms with Gasteiger partial charge >= 0.3 is 0 Å². The average Bonchev–Trinajstić information content (AvgIpc) is 2.93. The van der Waals surface area contributed by atoms with Gasteiger partial charge in [0.2, 0.25) is 0 Å². The van der Waals surface area contributed by atoms with Gasteiger partial charge in [0, 0.05) is 56.2 Å². The van der Waals surface area contributed by atoms with Gasteiger partial charge in [0.1, 0.15) is 30.4 Å². The van der Waals surface area contributed by atoms with Gasteiger partial charge < -0.3 is 35.1 Å². The Morgan fingerprint density at radius 2 is 1.76 bits per heavy atom. The third-order valence-corrected chi connectivity index (χ3v) is 6.80. The summed E-state index contributed by atoms with van der Waals surface area (Å²) in [6, 6.07) is 7.25. The molecule has 3 heterocycles. The van der Waals surface area contributed by atoms with Gasteiger partial charge in [-0.2, -0.15) is 0 Å². The molecule has 1 aromatic heterocycles. The topological polar surface area (TPSA) is 147 Å². The van der Waals surface area contributed by atoms with E-state index in [1.807, 2.05) is 6.07 Å². The molecule has 2 atom stereocenters. The van der Waals surface area contributed by atoms with Crippen molar-refractivity contribution in [2.45, 2.75) is 57.0 Å². The lowest BCUT2D eigenvalue weighted by Gasteiger charge is -2.27.